The Hall–Kier alpha value is -1.30. The third kappa shape index (κ3) is 9.61. The molecule has 0 saturated carbocycles. The van der Waals surface area contributed by atoms with Crippen LogP contribution in [-0.2, 0) is 9.53 Å². The summed E-state index contributed by atoms with van der Waals surface area (Å²) in [6, 6.07) is -0.0765. The van der Waals surface area contributed by atoms with E-state index in [1.165, 1.54) is 7.11 Å². The number of carboxylic acids is 1. The Bertz CT molecular complexity index is 284. The van der Waals surface area contributed by atoms with Gasteiger partial charge >= 0.3 is 12.0 Å². The maximum absolute atomic E-state index is 11.8. The monoisotopic (exact) mass is 288 g/mol. The zero-order valence-corrected chi connectivity index (χ0v) is 12.8. The van der Waals surface area contributed by atoms with Crippen molar-refractivity contribution in [2.45, 2.75) is 64.5 Å². The first kappa shape index (κ1) is 18.7. The molecule has 118 valence electrons. The summed E-state index contributed by atoms with van der Waals surface area (Å²) in [7, 11) is 1.44. The fourth-order valence-electron chi connectivity index (χ4n) is 1.96. The van der Waals surface area contributed by atoms with E-state index in [4.69, 9.17) is 9.84 Å². The molecule has 2 unspecified atom stereocenters. The largest absolute Gasteiger partial charge is 0.481 e. The zero-order valence-electron chi connectivity index (χ0n) is 12.8. The number of carbonyl (C=O) groups is 2. The van der Waals surface area contributed by atoms with E-state index in [1.807, 2.05) is 0 Å². The SMILES string of the molecule is CCCCC(CCC)NC(=O)NCC(CC(=O)O)OC. The minimum atomic E-state index is -0.939. The van der Waals surface area contributed by atoms with E-state index in [-0.39, 0.29) is 25.0 Å². The molecule has 0 aliphatic carbocycles. The van der Waals surface area contributed by atoms with Gasteiger partial charge in [-0.25, -0.2) is 4.79 Å². The number of ether oxygens (including phenoxy) is 1. The van der Waals surface area contributed by atoms with Crippen LogP contribution in [0.25, 0.3) is 0 Å². The van der Waals surface area contributed by atoms with Crippen LogP contribution in [0.4, 0.5) is 4.79 Å². The summed E-state index contributed by atoms with van der Waals surface area (Å²) in [6.45, 7) is 4.41. The molecule has 0 bridgehead atoms. The average Bonchev–Trinajstić information content (AvgIpc) is 2.40. The molecule has 3 N–H and O–H groups in total. The van der Waals surface area contributed by atoms with Gasteiger partial charge in [0.25, 0.3) is 0 Å². The molecular formula is C14H28N2O4. The predicted octanol–water partition coefficient (Wildman–Crippen LogP) is 2.13. The molecule has 2 amide bonds. The van der Waals surface area contributed by atoms with Crippen molar-refractivity contribution in [3.05, 3.63) is 0 Å². The lowest BCUT2D eigenvalue weighted by molar-refractivity contribution is -0.139. The maximum atomic E-state index is 11.8. The van der Waals surface area contributed by atoms with E-state index < -0.39 is 12.1 Å². The Balaban J connectivity index is 4.07. The topological polar surface area (TPSA) is 87.7 Å². The molecular weight excluding hydrogens is 260 g/mol. The van der Waals surface area contributed by atoms with Gasteiger partial charge in [-0.1, -0.05) is 33.1 Å². The zero-order chi connectivity index (χ0) is 15.4. The number of hydrogen-bond donors (Lipinski definition) is 3. The molecule has 0 fully saturated rings. The van der Waals surface area contributed by atoms with Gasteiger partial charge in [0.1, 0.15) is 0 Å². The van der Waals surface area contributed by atoms with E-state index >= 15 is 0 Å². The molecule has 6 nitrogen and oxygen atoms in total. The first-order chi connectivity index (χ1) is 9.53. The number of rotatable bonds is 11. The third-order valence-corrected chi connectivity index (χ3v) is 3.10. The summed E-state index contributed by atoms with van der Waals surface area (Å²) in [5, 5.41) is 14.3. The summed E-state index contributed by atoms with van der Waals surface area (Å²) < 4.78 is 5.01. The van der Waals surface area contributed by atoms with Gasteiger partial charge in [-0.3, -0.25) is 4.79 Å². The minimum Gasteiger partial charge on any atom is -0.481 e. The second-order valence-electron chi connectivity index (χ2n) is 4.94. The summed E-state index contributed by atoms with van der Waals surface area (Å²) in [4.78, 5) is 22.4. The molecule has 20 heavy (non-hydrogen) atoms. The van der Waals surface area contributed by atoms with Crippen molar-refractivity contribution >= 4 is 12.0 Å². The molecule has 0 aromatic carbocycles. The maximum Gasteiger partial charge on any atom is 0.315 e. The number of aliphatic carboxylic acids is 1. The number of methoxy groups -OCH3 is 1. The van der Waals surface area contributed by atoms with Crippen LogP contribution in [-0.4, -0.2) is 42.9 Å². The highest BCUT2D eigenvalue weighted by molar-refractivity contribution is 5.74. The Morgan fingerprint density at radius 1 is 1.20 bits per heavy atom. The van der Waals surface area contributed by atoms with Gasteiger partial charge < -0.3 is 20.5 Å². The highest BCUT2D eigenvalue weighted by Crippen LogP contribution is 2.06. The van der Waals surface area contributed by atoms with Gasteiger partial charge in [-0.05, 0) is 12.8 Å². The summed E-state index contributed by atoms with van der Waals surface area (Å²) in [5.41, 5.74) is 0. The lowest BCUT2D eigenvalue weighted by atomic mass is 10.1. The molecule has 6 heteroatoms. The van der Waals surface area contributed by atoms with Gasteiger partial charge in [0.05, 0.1) is 12.5 Å². The first-order valence-electron chi connectivity index (χ1n) is 7.32. The summed E-state index contributed by atoms with van der Waals surface area (Å²) in [5.74, 6) is -0.939. The van der Waals surface area contributed by atoms with Crippen molar-refractivity contribution in [2.24, 2.45) is 0 Å². The summed E-state index contributed by atoms with van der Waals surface area (Å²) >= 11 is 0. The number of urea groups is 1. The van der Waals surface area contributed by atoms with Crippen LogP contribution in [0.5, 0.6) is 0 Å². The lowest BCUT2D eigenvalue weighted by Crippen LogP contribution is -2.45. The lowest BCUT2D eigenvalue weighted by Gasteiger charge is -2.20. The molecule has 0 aliphatic heterocycles. The van der Waals surface area contributed by atoms with E-state index in [0.29, 0.717) is 0 Å². The van der Waals surface area contributed by atoms with E-state index in [9.17, 15) is 9.59 Å². The Labute approximate surface area is 121 Å². The van der Waals surface area contributed by atoms with E-state index in [2.05, 4.69) is 24.5 Å². The molecule has 0 spiro atoms. The molecule has 0 rings (SSSR count). The predicted molar refractivity (Wildman–Crippen MR) is 77.8 cm³/mol. The number of hydrogen-bond acceptors (Lipinski definition) is 3. The van der Waals surface area contributed by atoms with Gasteiger partial charge in [0, 0.05) is 19.7 Å². The minimum absolute atomic E-state index is 0.120. The van der Waals surface area contributed by atoms with Gasteiger partial charge in [0.2, 0.25) is 0 Å². The van der Waals surface area contributed by atoms with Gasteiger partial charge in [-0.15, -0.1) is 0 Å². The molecule has 2 atom stereocenters. The normalized spacial score (nSPS) is 13.6. The Kier molecular flexibility index (Phi) is 10.8. The number of amides is 2. The molecule has 0 radical (unpaired) electrons. The van der Waals surface area contributed by atoms with E-state index in [1.54, 1.807) is 0 Å². The van der Waals surface area contributed by atoms with Crippen molar-refractivity contribution in [1.29, 1.82) is 0 Å². The molecule has 0 aromatic rings. The second-order valence-corrected chi connectivity index (χ2v) is 4.94. The highest BCUT2D eigenvalue weighted by atomic mass is 16.5. The van der Waals surface area contributed by atoms with Crippen molar-refractivity contribution < 1.29 is 19.4 Å². The van der Waals surface area contributed by atoms with Crippen LogP contribution < -0.4 is 10.6 Å². The quantitative estimate of drug-likeness (QED) is 0.543. The van der Waals surface area contributed by atoms with Crippen molar-refractivity contribution in [1.82, 2.24) is 10.6 Å². The fraction of sp³-hybridized carbons (Fsp3) is 0.857. The molecule has 0 saturated heterocycles. The first-order valence-corrected chi connectivity index (χ1v) is 7.32. The Morgan fingerprint density at radius 2 is 1.90 bits per heavy atom. The standard InChI is InChI=1S/C14H28N2O4/c1-4-6-8-11(7-5-2)16-14(19)15-10-12(20-3)9-13(17)18/h11-12H,4-10H2,1-3H3,(H,17,18)(H2,15,16,19). The van der Waals surface area contributed by atoms with Gasteiger partial charge in [-0.2, -0.15) is 0 Å². The van der Waals surface area contributed by atoms with Crippen LogP contribution in [0, 0.1) is 0 Å². The van der Waals surface area contributed by atoms with Crippen molar-refractivity contribution in [3.8, 4) is 0 Å². The summed E-state index contributed by atoms with van der Waals surface area (Å²) in [6.07, 6.45) is 4.52. The third-order valence-electron chi connectivity index (χ3n) is 3.10. The van der Waals surface area contributed by atoms with Crippen LogP contribution in [0.15, 0.2) is 0 Å². The fourth-order valence-corrected chi connectivity index (χ4v) is 1.96. The highest BCUT2D eigenvalue weighted by Gasteiger charge is 2.15. The number of carbonyl (C=O) groups excluding carboxylic acids is 1. The van der Waals surface area contributed by atoms with Crippen molar-refractivity contribution in [2.75, 3.05) is 13.7 Å². The van der Waals surface area contributed by atoms with Crippen LogP contribution in [0.3, 0.4) is 0 Å². The number of carboxylic acid groups (broad SMARTS) is 1. The number of unbranched alkanes of at least 4 members (excludes halogenated alkanes) is 1. The van der Waals surface area contributed by atoms with Crippen LogP contribution >= 0.6 is 0 Å². The van der Waals surface area contributed by atoms with Crippen LogP contribution in [0.1, 0.15) is 52.4 Å². The van der Waals surface area contributed by atoms with Crippen molar-refractivity contribution in [3.63, 3.8) is 0 Å². The molecule has 0 heterocycles. The van der Waals surface area contributed by atoms with Crippen LogP contribution in [0.2, 0.25) is 0 Å². The Morgan fingerprint density at radius 3 is 2.40 bits per heavy atom. The number of nitrogens with one attached hydrogen (secondary N) is 2. The van der Waals surface area contributed by atoms with E-state index in [0.717, 1.165) is 32.1 Å². The molecule has 0 aliphatic rings. The average molecular weight is 288 g/mol. The smallest absolute Gasteiger partial charge is 0.315 e. The molecule has 0 aromatic heterocycles. The van der Waals surface area contributed by atoms with Gasteiger partial charge in [0.15, 0.2) is 0 Å². The second kappa shape index (κ2) is 11.5.